The predicted octanol–water partition coefficient (Wildman–Crippen LogP) is 3.12. The second-order valence-electron chi connectivity index (χ2n) is 5.04. The largest absolute Gasteiger partial charge is 0.439 e. The molecule has 1 saturated carbocycles. The van der Waals surface area contributed by atoms with Crippen molar-refractivity contribution in [1.29, 1.82) is 0 Å². The van der Waals surface area contributed by atoms with Gasteiger partial charge in [-0.25, -0.2) is 4.98 Å². The Hall–Kier alpha value is -1.35. The van der Waals surface area contributed by atoms with Gasteiger partial charge in [0.2, 0.25) is 5.89 Å². The van der Waals surface area contributed by atoms with Crippen LogP contribution in [0, 0.1) is 0 Å². The molecule has 1 aliphatic rings. The molecule has 0 unspecified atom stereocenters. The van der Waals surface area contributed by atoms with E-state index in [-0.39, 0.29) is 5.54 Å². The molecule has 2 aromatic rings. The van der Waals surface area contributed by atoms with E-state index in [4.69, 9.17) is 10.2 Å². The van der Waals surface area contributed by atoms with E-state index in [2.05, 4.69) is 24.0 Å². The van der Waals surface area contributed by atoms with E-state index in [9.17, 15) is 0 Å². The Balaban J connectivity index is 2.07. The highest BCUT2D eigenvalue weighted by atomic mass is 16.4. The molecule has 1 aromatic carbocycles. The molecule has 0 radical (unpaired) electrons. The first kappa shape index (κ1) is 10.8. The van der Waals surface area contributed by atoms with Gasteiger partial charge in [0.05, 0.1) is 5.54 Å². The van der Waals surface area contributed by atoms with Gasteiger partial charge in [-0.05, 0) is 37.0 Å². The van der Waals surface area contributed by atoms with Crippen LogP contribution in [0.1, 0.15) is 44.1 Å². The number of nitrogens with zero attached hydrogens (tertiary/aromatic N) is 1. The number of aromatic nitrogens is 1. The summed E-state index contributed by atoms with van der Waals surface area (Å²) in [5, 5.41) is 0. The minimum atomic E-state index is -0.328. The Morgan fingerprint density at radius 1 is 1.35 bits per heavy atom. The lowest BCUT2D eigenvalue weighted by Crippen LogP contribution is -2.33. The van der Waals surface area contributed by atoms with Crippen molar-refractivity contribution in [3.63, 3.8) is 0 Å². The van der Waals surface area contributed by atoms with Gasteiger partial charge >= 0.3 is 0 Å². The maximum atomic E-state index is 6.36. The van der Waals surface area contributed by atoms with Crippen molar-refractivity contribution in [3.05, 3.63) is 29.7 Å². The van der Waals surface area contributed by atoms with Gasteiger partial charge in [0.1, 0.15) is 5.52 Å². The van der Waals surface area contributed by atoms with Crippen LogP contribution in [-0.2, 0) is 12.0 Å². The van der Waals surface area contributed by atoms with Crippen LogP contribution < -0.4 is 5.73 Å². The molecule has 0 amide bonds. The zero-order valence-corrected chi connectivity index (χ0v) is 10.2. The average Bonchev–Trinajstić information content (AvgIpc) is 2.94. The lowest BCUT2D eigenvalue weighted by molar-refractivity contribution is 0.346. The minimum absolute atomic E-state index is 0.328. The fourth-order valence-electron chi connectivity index (χ4n) is 2.63. The molecule has 1 aromatic heterocycles. The highest BCUT2D eigenvalue weighted by Gasteiger charge is 2.36. The Bertz CT molecular complexity index is 538. The van der Waals surface area contributed by atoms with Crippen molar-refractivity contribution in [3.8, 4) is 0 Å². The van der Waals surface area contributed by atoms with Crippen LogP contribution in [0.5, 0.6) is 0 Å². The summed E-state index contributed by atoms with van der Waals surface area (Å²) in [6.07, 6.45) is 5.34. The molecule has 1 heterocycles. The van der Waals surface area contributed by atoms with Crippen molar-refractivity contribution < 1.29 is 4.42 Å². The smallest absolute Gasteiger partial charge is 0.215 e. The second-order valence-corrected chi connectivity index (χ2v) is 5.04. The van der Waals surface area contributed by atoms with Crippen LogP contribution in [0.3, 0.4) is 0 Å². The first-order chi connectivity index (χ1) is 8.21. The molecular weight excluding hydrogens is 212 g/mol. The fourth-order valence-corrected chi connectivity index (χ4v) is 2.63. The Morgan fingerprint density at radius 3 is 2.82 bits per heavy atom. The lowest BCUT2D eigenvalue weighted by atomic mass is 10.00. The summed E-state index contributed by atoms with van der Waals surface area (Å²) in [6.45, 7) is 2.14. The number of hydrogen-bond donors (Lipinski definition) is 1. The molecular formula is C14H18N2O. The van der Waals surface area contributed by atoms with Gasteiger partial charge in [-0.3, -0.25) is 0 Å². The first-order valence-corrected chi connectivity index (χ1v) is 6.40. The monoisotopic (exact) mass is 230 g/mol. The van der Waals surface area contributed by atoms with Crippen LogP contribution in [0.2, 0.25) is 0 Å². The Labute approximate surface area is 101 Å². The van der Waals surface area contributed by atoms with Crippen LogP contribution >= 0.6 is 0 Å². The van der Waals surface area contributed by atoms with E-state index in [1.165, 1.54) is 18.4 Å². The Morgan fingerprint density at radius 2 is 2.12 bits per heavy atom. The summed E-state index contributed by atoms with van der Waals surface area (Å²) >= 11 is 0. The summed E-state index contributed by atoms with van der Waals surface area (Å²) in [6, 6.07) is 6.19. The SMILES string of the molecule is CCc1ccc2oc(C3(N)CCCC3)nc2c1. The third kappa shape index (κ3) is 1.75. The van der Waals surface area contributed by atoms with Crippen molar-refractivity contribution >= 4 is 11.1 Å². The van der Waals surface area contributed by atoms with Gasteiger partial charge in [-0.2, -0.15) is 0 Å². The molecule has 3 heteroatoms. The number of hydrogen-bond acceptors (Lipinski definition) is 3. The molecule has 17 heavy (non-hydrogen) atoms. The van der Waals surface area contributed by atoms with Gasteiger partial charge in [-0.15, -0.1) is 0 Å². The molecule has 3 rings (SSSR count). The maximum absolute atomic E-state index is 6.36. The molecule has 0 spiro atoms. The number of fused-ring (bicyclic) bond motifs is 1. The molecule has 2 N–H and O–H groups in total. The minimum Gasteiger partial charge on any atom is -0.439 e. The summed E-state index contributed by atoms with van der Waals surface area (Å²) in [5.41, 5.74) is 9.11. The molecule has 1 fully saturated rings. The molecule has 0 aliphatic heterocycles. The van der Waals surface area contributed by atoms with Gasteiger partial charge in [0.15, 0.2) is 5.58 Å². The first-order valence-electron chi connectivity index (χ1n) is 6.40. The summed E-state index contributed by atoms with van der Waals surface area (Å²) in [5.74, 6) is 0.721. The lowest BCUT2D eigenvalue weighted by Gasteiger charge is -2.18. The van der Waals surface area contributed by atoms with E-state index in [1.807, 2.05) is 6.07 Å². The number of nitrogens with two attached hydrogens (primary N) is 1. The third-order valence-corrected chi connectivity index (χ3v) is 3.78. The second kappa shape index (κ2) is 3.84. The van der Waals surface area contributed by atoms with Gasteiger partial charge in [-0.1, -0.05) is 25.8 Å². The standard InChI is InChI=1S/C14H18N2O/c1-2-10-5-6-12-11(9-10)16-13(17-12)14(15)7-3-4-8-14/h5-6,9H,2-4,7-8,15H2,1H3. The van der Waals surface area contributed by atoms with Gasteiger partial charge in [0.25, 0.3) is 0 Å². The quantitative estimate of drug-likeness (QED) is 0.862. The van der Waals surface area contributed by atoms with Crippen LogP contribution in [0.4, 0.5) is 0 Å². The van der Waals surface area contributed by atoms with Gasteiger partial charge < -0.3 is 10.2 Å². The van der Waals surface area contributed by atoms with Crippen molar-refractivity contribution in [2.45, 2.75) is 44.6 Å². The van der Waals surface area contributed by atoms with E-state index >= 15 is 0 Å². The molecule has 1 aliphatic carbocycles. The fraction of sp³-hybridized carbons (Fsp3) is 0.500. The topological polar surface area (TPSA) is 52.0 Å². The van der Waals surface area contributed by atoms with E-state index in [0.29, 0.717) is 0 Å². The number of aryl methyl sites for hydroxylation is 1. The summed E-state index contributed by atoms with van der Waals surface area (Å²) < 4.78 is 5.82. The zero-order valence-electron chi connectivity index (χ0n) is 10.2. The maximum Gasteiger partial charge on any atom is 0.215 e. The molecule has 3 nitrogen and oxygen atoms in total. The van der Waals surface area contributed by atoms with E-state index in [1.54, 1.807) is 0 Å². The van der Waals surface area contributed by atoms with Gasteiger partial charge in [0, 0.05) is 0 Å². The Kier molecular flexibility index (Phi) is 2.44. The van der Waals surface area contributed by atoms with E-state index in [0.717, 1.165) is 36.3 Å². The summed E-state index contributed by atoms with van der Waals surface area (Å²) in [4.78, 5) is 4.58. The van der Waals surface area contributed by atoms with E-state index < -0.39 is 0 Å². The summed E-state index contributed by atoms with van der Waals surface area (Å²) in [7, 11) is 0. The van der Waals surface area contributed by atoms with Crippen LogP contribution in [0.25, 0.3) is 11.1 Å². The number of oxazole rings is 1. The van der Waals surface area contributed by atoms with Crippen molar-refractivity contribution in [2.75, 3.05) is 0 Å². The predicted molar refractivity (Wildman–Crippen MR) is 67.7 cm³/mol. The van der Waals surface area contributed by atoms with Crippen molar-refractivity contribution in [1.82, 2.24) is 4.98 Å². The average molecular weight is 230 g/mol. The van der Waals surface area contributed by atoms with Crippen molar-refractivity contribution in [2.24, 2.45) is 5.73 Å². The number of rotatable bonds is 2. The van der Waals surface area contributed by atoms with Crippen LogP contribution in [0.15, 0.2) is 22.6 Å². The molecule has 0 bridgehead atoms. The number of benzene rings is 1. The molecule has 90 valence electrons. The highest BCUT2D eigenvalue weighted by molar-refractivity contribution is 5.73. The third-order valence-electron chi connectivity index (χ3n) is 3.78. The highest BCUT2D eigenvalue weighted by Crippen LogP contribution is 2.37. The van der Waals surface area contributed by atoms with Crippen LogP contribution in [-0.4, -0.2) is 4.98 Å². The normalized spacial score (nSPS) is 18.9. The molecule has 0 atom stereocenters. The zero-order chi connectivity index (χ0) is 11.9. The molecule has 0 saturated heterocycles.